The molecular formula is C16H28N4O. The molecule has 118 valence electrons. The van der Waals surface area contributed by atoms with Crippen molar-refractivity contribution in [3.63, 3.8) is 0 Å². The topological polar surface area (TPSA) is 72.9 Å². The van der Waals surface area contributed by atoms with E-state index in [0.29, 0.717) is 12.5 Å². The van der Waals surface area contributed by atoms with Gasteiger partial charge in [0.2, 0.25) is 5.91 Å². The molecule has 1 aromatic rings. The van der Waals surface area contributed by atoms with Crippen LogP contribution in [-0.4, -0.2) is 22.2 Å². The van der Waals surface area contributed by atoms with E-state index in [1.807, 2.05) is 13.1 Å². The van der Waals surface area contributed by atoms with E-state index in [1.165, 1.54) is 0 Å². The van der Waals surface area contributed by atoms with Gasteiger partial charge in [0.1, 0.15) is 5.82 Å². The van der Waals surface area contributed by atoms with Crippen LogP contribution in [0.1, 0.15) is 45.7 Å². The van der Waals surface area contributed by atoms with Crippen molar-refractivity contribution in [3.05, 3.63) is 11.8 Å². The predicted molar refractivity (Wildman–Crippen MR) is 84.9 cm³/mol. The fourth-order valence-corrected chi connectivity index (χ4v) is 3.16. The number of carbonyl (C=O) groups is 1. The molecule has 0 unspecified atom stereocenters. The van der Waals surface area contributed by atoms with Crippen LogP contribution in [0.3, 0.4) is 0 Å². The second-order valence-electron chi connectivity index (χ2n) is 7.40. The van der Waals surface area contributed by atoms with E-state index in [0.717, 1.165) is 37.2 Å². The Bertz CT molecular complexity index is 501. The van der Waals surface area contributed by atoms with Gasteiger partial charge in [0.25, 0.3) is 0 Å². The van der Waals surface area contributed by atoms with Crippen LogP contribution < -0.4 is 11.1 Å². The smallest absolute Gasteiger partial charge is 0.228 e. The minimum absolute atomic E-state index is 0.0518. The molecule has 2 atom stereocenters. The summed E-state index contributed by atoms with van der Waals surface area (Å²) in [6, 6.07) is 1.98. The number of amides is 1. The zero-order valence-electron chi connectivity index (χ0n) is 13.6. The number of nitrogens with two attached hydrogens (primary N) is 1. The molecule has 1 amide bonds. The SMILES string of the molecule is Cn1nc(CC(C)(C)C)cc1NC(=O)[C@@H]1CCC[C@@H]1CN. The monoisotopic (exact) mass is 292 g/mol. The Labute approximate surface area is 127 Å². The van der Waals surface area contributed by atoms with Gasteiger partial charge in [0.05, 0.1) is 5.69 Å². The molecule has 2 rings (SSSR count). The molecule has 1 aliphatic carbocycles. The second-order valence-corrected chi connectivity index (χ2v) is 7.40. The predicted octanol–water partition coefficient (Wildman–Crippen LogP) is 2.32. The second kappa shape index (κ2) is 6.18. The minimum atomic E-state index is 0.0518. The number of rotatable bonds is 4. The van der Waals surface area contributed by atoms with Crippen molar-refractivity contribution in [1.29, 1.82) is 0 Å². The molecule has 1 heterocycles. The van der Waals surface area contributed by atoms with Crippen molar-refractivity contribution in [2.45, 2.75) is 46.5 Å². The Balaban J connectivity index is 2.04. The standard InChI is InChI=1S/C16H28N4O/c1-16(2,3)9-12-8-14(20(4)19-12)18-15(21)13-7-5-6-11(13)10-17/h8,11,13H,5-7,9-10,17H2,1-4H3,(H,18,21)/t11-,13-/m1/s1. The summed E-state index contributed by atoms with van der Waals surface area (Å²) in [7, 11) is 1.87. The van der Waals surface area contributed by atoms with Crippen molar-refractivity contribution in [1.82, 2.24) is 9.78 Å². The molecule has 0 spiro atoms. The summed E-state index contributed by atoms with van der Waals surface area (Å²) in [4.78, 5) is 12.4. The number of carbonyl (C=O) groups excluding carboxylic acids is 1. The third-order valence-corrected chi connectivity index (χ3v) is 4.19. The van der Waals surface area contributed by atoms with E-state index in [9.17, 15) is 4.79 Å². The summed E-state index contributed by atoms with van der Waals surface area (Å²) >= 11 is 0. The molecule has 1 saturated carbocycles. The van der Waals surface area contributed by atoms with Crippen LogP contribution in [0.25, 0.3) is 0 Å². The third-order valence-electron chi connectivity index (χ3n) is 4.19. The maximum absolute atomic E-state index is 12.4. The lowest BCUT2D eigenvalue weighted by molar-refractivity contribution is -0.120. The number of hydrogen-bond donors (Lipinski definition) is 2. The highest BCUT2D eigenvalue weighted by molar-refractivity contribution is 5.92. The molecule has 5 nitrogen and oxygen atoms in total. The van der Waals surface area contributed by atoms with E-state index in [4.69, 9.17) is 5.73 Å². The van der Waals surface area contributed by atoms with Gasteiger partial charge < -0.3 is 11.1 Å². The first-order valence-electron chi connectivity index (χ1n) is 7.84. The summed E-state index contributed by atoms with van der Waals surface area (Å²) in [5.74, 6) is 1.25. The van der Waals surface area contributed by atoms with Gasteiger partial charge in [-0.3, -0.25) is 9.48 Å². The Kier molecular flexibility index (Phi) is 4.71. The van der Waals surface area contributed by atoms with Crippen LogP contribution in [0.5, 0.6) is 0 Å². The fraction of sp³-hybridized carbons (Fsp3) is 0.750. The van der Waals surface area contributed by atoms with Crippen LogP contribution >= 0.6 is 0 Å². The van der Waals surface area contributed by atoms with Gasteiger partial charge in [0, 0.05) is 19.0 Å². The van der Waals surface area contributed by atoms with Crippen LogP contribution in [0.2, 0.25) is 0 Å². The molecule has 0 aromatic carbocycles. The maximum Gasteiger partial charge on any atom is 0.228 e. The van der Waals surface area contributed by atoms with Gasteiger partial charge in [0.15, 0.2) is 0 Å². The molecule has 0 bridgehead atoms. The van der Waals surface area contributed by atoms with Crippen molar-refractivity contribution in [3.8, 4) is 0 Å². The van der Waals surface area contributed by atoms with Crippen LogP contribution in [-0.2, 0) is 18.3 Å². The summed E-state index contributed by atoms with van der Waals surface area (Å²) in [5, 5.41) is 7.52. The first kappa shape index (κ1) is 16.0. The lowest BCUT2D eigenvalue weighted by atomic mass is 9.91. The van der Waals surface area contributed by atoms with E-state index < -0.39 is 0 Å². The minimum Gasteiger partial charge on any atom is -0.330 e. The number of nitrogens with zero attached hydrogens (tertiary/aromatic N) is 2. The Hall–Kier alpha value is -1.36. The van der Waals surface area contributed by atoms with Gasteiger partial charge in [-0.05, 0) is 37.1 Å². The molecule has 21 heavy (non-hydrogen) atoms. The van der Waals surface area contributed by atoms with Crippen molar-refractivity contribution in [2.75, 3.05) is 11.9 Å². The summed E-state index contributed by atoms with van der Waals surface area (Å²) in [6.07, 6.45) is 4.00. The van der Waals surface area contributed by atoms with E-state index in [1.54, 1.807) is 4.68 Å². The molecule has 0 radical (unpaired) electrons. The Morgan fingerprint density at radius 2 is 2.19 bits per heavy atom. The van der Waals surface area contributed by atoms with Gasteiger partial charge in [-0.2, -0.15) is 5.10 Å². The molecular weight excluding hydrogens is 264 g/mol. The molecule has 0 saturated heterocycles. The molecule has 0 aliphatic heterocycles. The van der Waals surface area contributed by atoms with Gasteiger partial charge in [-0.15, -0.1) is 0 Å². The third kappa shape index (κ3) is 4.06. The average molecular weight is 292 g/mol. The largest absolute Gasteiger partial charge is 0.330 e. The number of anilines is 1. The molecule has 3 N–H and O–H groups in total. The molecule has 5 heteroatoms. The lowest BCUT2D eigenvalue weighted by Crippen LogP contribution is -2.30. The Morgan fingerprint density at radius 3 is 2.81 bits per heavy atom. The summed E-state index contributed by atoms with van der Waals surface area (Å²) in [5.41, 5.74) is 6.96. The van der Waals surface area contributed by atoms with Crippen LogP contribution in [0.4, 0.5) is 5.82 Å². The molecule has 1 aromatic heterocycles. The summed E-state index contributed by atoms with van der Waals surface area (Å²) < 4.78 is 1.76. The normalized spacial score (nSPS) is 22.5. The van der Waals surface area contributed by atoms with Gasteiger partial charge in [-0.25, -0.2) is 0 Å². The highest BCUT2D eigenvalue weighted by atomic mass is 16.2. The highest BCUT2D eigenvalue weighted by Crippen LogP contribution is 2.32. The number of aromatic nitrogens is 2. The van der Waals surface area contributed by atoms with Crippen molar-refractivity contribution in [2.24, 2.45) is 30.0 Å². The van der Waals surface area contributed by atoms with Crippen LogP contribution in [0, 0.1) is 17.3 Å². The fourth-order valence-electron chi connectivity index (χ4n) is 3.16. The van der Waals surface area contributed by atoms with E-state index >= 15 is 0 Å². The Morgan fingerprint density at radius 1 is 1.48 bits per heavy atom. The van der Waals surface area contributed by atoms with Crippen molar-refractivity contribution < 1.29 is 4.79 Å². The maximum atomic E-state index is 12.4. The van der Waals surface area contributed by atoms with E-state index in [2.05, 4.69) is 31.2 Å². The number of hydrogen-bond acceptors (Lipinski definition) is 3. The zero-order valence-corrected chi connectivity index (χ0v) is 13.6. The first-order valence-corrected chi connectivity index (χ1v) is 7.84. The average Bonchev–Trinajstić information content (AvgIpc) is 2.94. The molecule has 1 fully saturated rings. The highest BCUT2D eigenvalue weighted by Gasteiger charge is 2.32. The lowest BCUT2D eigenvalue weighted by Gasteiger charge is -2.17. The number of aryl methyl sites for hydroxylation is 1. The first-order chi connectivity index (χ1) is 9.80. The van der Waals surface area contributed by atoms with Crippen molar-refractivity contribution >= 4 is 11.7 Å². The van der Waals surface area contributed by atoms with Crippen LogP contribution in [0.15, 0.2) is 6.07 Å². The number of nitrogens with one attached hydrogen (secondary N) is 1. The molecule has 1 aliphatic rings. The van der Waals surface area contributed by atoms with Gasteiger partial charge >= 0.3 is 0 Å². The quantitative estimate of drug-likeness (QED) is 0.894. The van der Waals surface area contributed by atoms with Gasteiger partial charge in [-0.1, -0.05) is 27.2 Å². The summed E-state index contributed by atoms with van der Waals surface area (Å²) in [6.45, 7) is 7.15. The van der Waals surface area contributed by atoms with E-state index in [-0.39, 0.29) is 17.2 Å². The zero-order chi connectivity index (χ0) is 15.6.